The Balaban J connectivity index is 2.02. The SMILES string of the molecule is COc1ccc(-c2nc3nc(C)ccn3c2-c2cc(C)c(S(C)(=O)=O)c(Cl)c2)cc1. The van der Waals surface area contributed by atoms with Gasteiger partial charge in [0.15, 0.2) is 9.84 Å². The molecule has 2 heterocycles. The first kappa shape index (κ1) is 20.4. The lowest BCUT2D eigenvalue weighted by Crippen LogP contribution is -2.02. The van der Waals surface area contributed by atoms with Gasteiger partial charge in [-0.15, -0.1) is 0 Å². The highest BCUT2D eigenvalue weighted by Gasteiger charge is 2.22. The van der Waals surface area contributed by atoms with Gasteiger partial charge in [0.25, 0.3) is 0 Å². The van der Waals surface area contributed by atoms with Gasteiger partial charge < -0.3 is 4.74 Å². The van der Waals surface area contributed by atoms with E-state index in [0.29, 0.717) is 11.3 Å². The maximum Gasteiger partial charge on any atom is 0.235 e. The number of aryl methyl sites for hydroxylation is 2. The Kier molecular flexibility index (Phi) is 5.03. The number of benzene rings is 2. The van der Waals surface area contributed by atoms with Crippen molar-refractivity contribution in [3.63, 3.8) is 0 Å². The lowest BCUT2D eigenvalue weighted by atomic mass is 10.0. The number of fused-ring (bicyclic) bond motifs is 1. The zero-order valence-corrected chi connectivity index (χ0v) is 18.5. The topological polar surface area (TPSA) is 73.6 Å². The molecule has 0 aliphatic carbocycles. The number of aromatic nitrogens is 3. The predicted octanol–water partition coefficient (Wildman–Crippen LogP) is 4.75. The summed E-state index contributed by atoms with van der Waals surface area (Å²) in [5, 5.41) is 0.184. The number of hydrogen-bond acceptors (Lipinski definition) is 5. The summed E-state index contributed by atoms with van der Waals surface area (Å²) >= 11 is 6.41. The van der Waals surface area contributed by atoms with Crippen LogP contribution in [0.1, 0.15) is 11.3 Å². The third-order valence-electron chi connectivity index (χ3n) is 4.87. The Morgan fingerprint density at radius 3 is 2.30 bits per heavy atom. The highest BCUT2D eigenvalue weighted by Crippen LogP contribution is 2.37. The van der Waals surface area contributed by atoms with E-state index in [0.717, 1.165) is 40.2 Å². The molecule has 0 amide bonds. The molecule has 30 heavy (non-hydrogen) atoms. The summed E-state index contributed by atoms with van der Waals surface area (Å²) in [4.78, 5) is 9.44. The second kappa shape index (κ2) is 7.41. The number of hydrogen-bond donors (Lipinski definition) is 0. The summed E-state index contributed by atoms with van der Waals surface area (Å²) in [6, 6.07) is 13.0. The quantitative estimate of drug-likeness (QED) is 0.457. The van der Waals surface area contributed by atoms with E-state index < -0.39 is 9.84 Å². The number of halogens is 1. The van der Waals surface area contributed by atoms with Crippen LogP contribution in [0.2, 0.25) is 5.02 Å². The minimum absolute atomic E-state index is 0.140. The first-order chi connectivity index (χ1) is 14.2. The fourth-order valence-electron chi connectivity index (χ4n) is 3.58. The van der Waals surface area contributed by atoms with E-state index in [2.05, 4.69) is 4.98 Å². The number of methoxy groups -OCH3 is 1. The monoisotopic (exact) mass is 441 g/mol. The molecule has 0 radical (unpaired) electrons. The summed E-state index contributed by atoms with van der Waals surface area (Å²) in [6.07, 6.45) is 3.06. The number of rotatable bonds is 4. The summed E-state index contributed by atoms with van der Waals surface area (Å²) in [5.41, 5.74) is 4.58. The van der Waals surface area contributed by atoms with Crippen LogP contribution < -0.4 is 4.74 Å². The molecule has 6 nitrogen and oxygen atoms in total. The van der Waals surface area contributed by atoms with Gasteiger partial charge in [0.05, 0.1) is 28.4 Å². The number of nitrogens with zero attached hydrogens (tertiary/aromatic N) is 3. The zero-order chi connectivity index (χ0) is 21.6. The van der Waals surface area contributed by atoms with Gasteiger partial charge in [-0.1, -0.05) is 11.6 Å². The first-order valence-corrected chi connectivity index (χ1v) is 11.5. The number of ether oxygens (including phenoxy) is 1. The third-order valence-corrected chi connectivity index (χ3v) is 6.56. The molecule has 0 atom stereocenters. The van der Waals surface area contributed by atoms with Crippen LogP contribution in [0.4, 0.5) is 0 Å². The summed E-state index contributed by atoms with van der Waals surface area (Å²) < 4.78 is 31.4. The van der Waals surface area contributed by atoms with Crippen molar-refractivity contribution in [3.8, 4) is 28.3 Å². The maximum absolute atomic E-state index is 12.1. The Hall–Kier alpha value is -2.90. The van der Waals surface area contributed by atoms with Gasteiger partial charge in [0.1, 0.15) is 5.75 Å². The van der Waals surface area contributed by atoms with Crippen LogP contribution in [0, 0.1) is 13.8 Å². The molecule has 0 spiro atoms. The van der Waals surface area contributed by atoms with E-state index in [9.17, 15) is 8.42 Å². The van der Waals surface area contributed by atoms with Gasteiger partial charge in [0, 0.05) is 29.3 Å². The number of sulfone groups is 1. The van der Waals surface area contributed by atoms with Crippen LogP contribution in [-0.2, 0) is 9.84 Å². The lowest BCUT2D eigenvalue weighted by Gasteiger charge is -2.12. The summed E-state index contributed by atoms with van der Waals surface area (Å²) in [6.45, 7) is 3.65. The van der Waals surface area contributed by atoms with E-state index in [1.165, 1.54) is 0 Å². The smallest absolute Gasteiger partial charge is 0.235 e. The largest absolute Gasteiger partial charge is 0.497 e. The van der Waals surface area contributed by atoms with Gasteiger partial charge in [0.2, 0.25) is 5.78 Å². The molecule has 4 rings (SSSR count). The standard InChI is InChI=1S/C22H20ClN3O3S/c1-13-11-16(12-18(23)21(13)30(4,27)28)20-19(15-5-7-17(29-3)8-6-15)25-22-24-14(2)9-10-26(20)22/h5-12H,1-4H3. The van der Waals surface area contributed by atoms with Crippen molar-refractivity contribution in [2.45, 2.75) is 18.7 Å². The molecular formula is C22H20ClN3O3S. The first-order valence-electron chi connectivity index (χ1n) is 9.19. The highest BCUT2D eigenvalue weighted by molar-refractivity contribution is 7.90. The van der Waals surface area contributed by atoms with Crippen molar-refractivity contribution in [2.24, 2.45) is 0 Å². The summed E-state index contributed by atoms with van der Waals surface area (Å²) in [7, 11) is -1.83. The molecule has 2 aromatic carbocycles. The van der Waals surface area contributed by atoms with Crippen molar-refractivity contribution >= 4 is 27.2 Å². The average molecular weight is 442 g/mol. The van der Waals surface area contributed by atoms with Crippen molar-refractivity contribution in [1.82, 2.24) is 14.4 Å². The van der Waals surface area contributed by atoms with Crippen LogP contribution in [0.25, 0.3) is 28.3 Å². The molecule has 154 valence electrons. The second-order valence-electron chi connectivity index (χ2n) is 7.15. The molecule has 4 aromatic rings. The fourth-order valence-corrected chi connectivity index (χ4v) is 5.33. The Morgan fingerprint density at radius 2 is 1.70 bits per heavy atom. The maximum atomic E-state index is 12.1. The molecule has 0 saturated heterocycles. The molecule has 0 aliphatic rings. The fraction of sp³-hybridized carbons (Fsp3) is 0.182. The molecule has 0 bridgehead atoms. The number of imidazole rings is 1. The normalized spacial score (nSPS) is 11.8. The molecular weight excluding hydrogens is 422 g/mol. The minimum atomic E-state index is -3.45. The van der Waals surface area contributed by atoms with Crippen LogP contribution in [0.5, 0.6) is 5.75 Å². The average Bonchev–Trinajstić information content (AvgIpc) is 3.04. The van der Waals surface area contributed by atoms with Gasteiger partial charge >= 0.3 is 0 Å². The van der Waals surface area contributed by atoms with Gasteiger partial charge in [-0.2, -0.15) is 0 Å². The minimum Gasteiger partial charge on any atom is -0.497 e. The van der Waals surface area contributed by atoms with Crippen LogP contribution in [0.3, 0.4) is 0 Å². The Morgan fingerprint density at radius 1 is 1.00 bits per heavy atom. The second-order valence-corrected chi connectivity index (χ2v) is 9.51. The summed E-state index contributed by atoms with van der Waals surface area (Å²) in [5.74, 6) is 1.30. The van der Waals surface area contributed by atoms with Crippen LogP contribution >= 0.6 is 11.6 Å². The third kappa shape index (κ3) is 3.55. The van der Waals surface area contributed by atoms with Crippen LogP contribution in [-0.4, -0.2) is 36.2 Å². The van der Waals surface area contributed by atoms with Gasteiger partial charge in [-0.05, 0) is 61.9 Å². The molecule has 0 N–H and O–H groups in total. The molecule has 0 unspecified atom stereocenters. The van der Waals surface area contributed by atoms with E-state index in [-0.39, 0.29) is 9.92 Å². The van der Waals surface area contributed by atoms with E-state index in [1.807, 2.05) is 53.9 Å². The molecule has 0 aliphatic heterocycles. The molecule has 0 saturated carbocycles. The zero-order valence-electron chi connectivity index (χ0n) is 17.0. The van der Waals surface area contributed by atoms with Gasteiger partial charge in [-0.3, -0.25) is 4.40 Å². The van der Waals surface area contributed by atoms with Crippen molar-refractivity contribution in [1.29, 1.82) is 0 Å². The van der Waals surface area contributed by atoms with E-state index >= 15 is 0 Å². The van der Waals surface area contributed by atoms with E-state index in [1.54, 1.807) is 20.1 Å². The highest BCUT2D eigenvalue weighted by atomic mass is 35.5. The van der Waals surface area contributed by atoms with Crippen LogP contribution in [0.15, 0.2) is 53.6 Å². The van der Waals surface area contributed by atoms with Crippen molar-refractivity contribution in [3.05, 3.63) is 64.9 Å². The van der Waals surface area contributed by atoms with Crippen molar-refractivity contribution < 1.29 is 13.2 Å². The van der Waals surface area contributed by atoms with Gasteiger partial charge in [-0.25, -0.2) is 18.4 Å². The van der Waals surface area contributed by atoms with Crippen molar-refractivity contribution in [2.75, 3.05) is 13.4 Å². The molecule has 0 fully saturated rings. The van der Waals surface area contributed by atoms with E-state index in [4.69, 9.17) is 21.3 Å². The molecule has 8 heteroatoms. The predicted molar refractivity (Wildman–Crippen MR) is 118 cm³/mol. The molecule has 2 aromatic heterocycles. The Bertz CT molecular complexity index is 1350. The Labute approximate surface area is 180 Å². The lowest BCUT2D eigenvalue weighted by molar-refractivity contribution is 0.415.